The minimum atomic E-state index is -3.32. The number of carbonyl (C=O) groups is 1. The van der Waals surface area contributed by atoms with Gasteiger partial charge in [-0.1, -0.05) is 6.07 Å². The smallest absolute Gasteiger partial charge is 0.419 e. The number of hydrogen-bond donors (Lipinski definition) is 0. The Kier molecular flexibility index (Phi) is 5.93. The molecule has 0 atom stereocenters. The summed E-state index contributed by atoms with van der Waals surface area (Å²) in [7, 11) is -3.32. The van der Waals surface area contributed by atoms with E-state index in [-0.39, 0.29) is 11.6 Å². The molecule has 0 saturated heterocycles. The molecule has 3 rings (SSSR count). The number of carbonyl (C=O) groups excluding carboxylic acids is 1. The van der Waals surface area contributed by atoms with E-state index in [9.17, 15) is 13.2 Å². The highest BCUT2D eigenvalue weighted by molar-refractivity contribution is 7.90. The van der Waals surface area contributed by atoms with Crippen LogP contribution in [0.1, 0.15) is 26.3 Å². The van der Waals surface area contributed by atoms with Crippen LogP contribution in [0.15, 0.2) is 60.1 Å². The fraction of sp³-hybridized carbons (Fsp3) is 0.286. The standard InChI is InChI=1S/C21H23N3O5S/c1-21(2,3)29-20(25)24-12-18(23-14-24)16-6-8-17(9-7-16)28-13-15-5-10-19(22-11-15)30(4,26)27/h5-12,14H,13H2,1-4H3. The normalized spacial score (nSPS) is 11.9. The Morgan fingerprint density at radius 2 is 1.77 bits per heavy atom. The number of hydrogen-bond acceptors (Lipinski definition) is 7. The SMILES string of the molecule is CC(C)(C)OC(=O)n1cnc(-c2ccc(OCc3ccc(S(C)(=O)=O)nc3)cc2)c1. The van der Waals surface area contributed by atoms with Gasteiger partial charge < -0.3 is 9.47 Å². The van der Waals surface area contributed by atoms with Gasteiger partial charge in [0.25, 0.3) is 0 Å². The minimum Gasteiger partial charge on any atom is -0.489 e. The number of benzene rings is 1. The number of imidazole rings is 1. The lowest BCUT2D eigenvalue weighted by Gasteiger charge is -2.19. The third-order valence-electron chi connectivity index (χ3n) is 3.92. The topological polar surface area (TPSA) is 100 Å². The molecule has 1 aromatic carbocycles. The van der Waals surface area contributed by atoms with Crippen LogP contribution >= 0.6 is 0 Å². The second-order valence-corrected chi connectivity index (χ2v) is 9.70. The largest absolute Gasteiger partial charge is 0.489 e. The van der Waals surface area contributed by atoms with Crippen molar-refractivity contribution in [1.82, 2.24) is 14.5 Å². The van der Waals surface area contributed by atoms with Crippen molar-refractivity contribution < 1.29 is 22.7 Å². The van der Waals surface area contributed by atoms with Crippen LogP contribution in [-0.2, 0) is 21.2 Å². The molecule has 30 heavy (non-hydrogen) atoms. The fourth-order valence-electron chi connectivity index (χ4n) is 2.49. The van der Waals surface area contributed by atoms with E-state index in [4.69, 9.17) is 9.47 Å². The predicted octanol–water partition coefficient (Wildman–Crippen LogP) is 3.71. The van der Waals surface area contributed by atoms with Gasteiger partial charge in [-0.05, 0) is 51.1 Å². The third-order valence-corrected chi connectivity index (χ3v) is 4.92. The van der Waals surface area contributed by atoms with Crippen LogP contribution in [0.25, 0.3) is 11.3 Å². The maximum Gasteiger partial charge on any atom is 0.419 e. The first-order valence-corrected chi connectivity index (χ1v) is 11.1. The fourth-order valence-corrected chi connectivity index (χ4v) is 3.05. The summed E-state index contributed by atoms with van der Waals surface area (Å²) in [6, 6.07) is 10.4. The lowest BCUT2D eigenvalue weighted by molar-refractivity contribution is 0.0536. The maximum absolute atomic E-state index is 12.1. The van der Waals surface area contributed by atoms with E-state index in [0.717, 1.165) is 17.4 Å². The van der Waals surface area contributed by atoms with Crippen LogP contribution in [0.2, 0.25) is 0 Å². The number of pyridine rings is 1. The number of nitrogens with zero attached hydrogens (tertiary/aromatic N) is 3. The van der Waals surface area contributed by atoms with Crippen LogP contribution in [0.4, 0.5) is 4.79 Å². The van der Waals surface area contributed by atoms with Gasteiger partial charge in [0.2, 0.25) is 0 Å². The number of aromatic nitrogens is 3. The Morgan fingerprint density at radius 1 is 1.07 bits per heavy atom. The van der Waals surface area contributed by atoms with Crippen LogP contribution in [0, 0.1) is 0 Å². The molecule has 2 aromatic heterocycles. The lowest BCUT2D eigenvalue weighted by Crippen LogP contribution is -2.26. The summed E-state index contributed by atoms with van der Waals surface area (Å²) in [4.78, 5) is 20.3. The predicted molar refractivity (Wildman–Crippen MR) is 111 cm³/mol. The molecule has 0 aliphatic carbocycles. The van der Waals surface area contributed by atoms with Gasteiger partial charge in [-0.3, -0.25) is 0 Å². The molecule has 2 heterocycles. The Labute approximate surface area is 175 Å². The van der Waals surface area contributed by atoms with E-state index in [2.05, 4.69) is 9.97 Å². The molecule has 0 aliphatic rings. The summed E-state index contributed by atoms with van der Waals surface area (Å²) in [5.41, 5.74) is 1.63. The van der Waals surface area contributed by atoms with Crippen LogP contribution < -0.4 is 4.74 Å². The van der Waals surface area contributed by atoms with Crippen LogP contribution in [0.5, 0.6) is 5.75 Å². The zero-order valence-corrected chi connectivity index (χ0v) is 18.0. The molecule has 9 heteroatoms. The molecular formula is C21H23N3O5S. The van der Waals surface area contributed by atoms with E-state index in [0.29, 0.717) is 11.4 Å². The van der Waals surface area contributed by atoms with E-state index >= 15 is 0 Å². The van der Waals surface area contributed by atoms with Crippen molar-refractivity contribution in [3.05, 3.63) is 60.7 Å². The lowest BCUT2D eigenvalue weighted by atomic mass is 10.1. The van der Waals surface area contributed by atoms with Gasteiger partial charge in [0.05, 0.1) is 5.69 Å². The molecule has 0 aliphatic heterocycles. The molecular weight excluding hydrogens is 406 g/mol. The first-order chi connectivity index (χ1) is 14.0. The number of rotatable bonds is 5. The van der Waals surface area contributed by atoms with Gasteiger partial charge in [0.15, 0.2) is 14.9 Å². The molecule has 3 aromatic rings. The van der Waals surface area contributed by atoms with E-state index in [1.54, 1.807) is 45.2 Å². The molecule has 0 unspecified atom stereocenters. The van der Waals surface area contributed by atoms with Gasteiger partial charge >= 0.3 is 6.09 Å². The van der Waals surface area contributed by atoms with E-state index < -0.39 is 21.5 Å². The zero-order chi connectivity index (χ0) is 21.9. The summed E-state index contributed by atoms with van der Waals surface area (Å²) < 4.78 is 35.2. The summed E-state index contributed by atoms with van der Waals surface area (Å²) in [6.45, 7) is 5.66. The summed E-state index contributed by atoms with van der Waals surface area (Å²) in [6.07, 6.45) is 5.13. The van der Waals surface area contributed by atoms with Crippen molar-refractivity contribution in [2.45, 2.75) is 38.0 Å². The van der Waals surface area contributed by atoms with Crippen molar-refractivity contribution in [2.75, 3.05) is 6.26 Å². The monoisotopic (exact) mass is 429 g/mol. The first kappa shape index (κ1) is 21.5. The summed E-state index contributed by atoms with van der Waals surface area (Å²) >= 11 is 0. The summed E-state index contributed by atoms with van der Waals surface area (Å²) in [5, 5.41) is 0.0291. The highest BCUT2D eigenvalue weighted by Crippen LogP contribution is 2.22. The molecule has 0 bridgehead atoms. The van der Waals surface area contributed by atoms with Crippen LogP contribution in [0.3, 0.4) is 0 Å². The highest BCUT2D eigenvalue weighted by atomic mass is 32.2. The zero-order valence-electron chi connectivity index (χ0n) is 17.2. The van der Waals surface area contributed by atoms with Crippen LogP contribution in [-0.4, -0.2) is 40.9 Å². The van der Waals surface area contributed by atoms with Gasteiger partial charge in [0, 0.05) is 29.8 Å². The molecule has 0 fully saturated rings. The van der Waals surface area contributed by atoms with Crippen molar-refractivity contribution in [2.24, 2.45) is 0 Å². The minimum absolute atomic E-state index is 0.0291. The molecule has 0 spiro atoms. The molecule has 158 valence electrons. The first-order valence-electron chi connectivity index (χ1n) is 9.17. The average molecular weight is 429 g/mol. The van der Waals surface area contributed by atoms with Crippen molar-refractivity contribution >= 4 is 15.9 Å². The summed E-state index contributed by atoms with van der Waals surface area (Å²) in [5.74, 6) is 0.637. The molecule has 0 radical (unpaired) electrons. The van der Waals surface area contributed by atoms with Crippen molar-refractivity contribution in [3.8, 4) is 17.0 Å². The van der Waals surface area contributed by atoms with Crippen molar-refractivity contribution in [1.29, 1.82) is 0 Å². The Bertz CT molecular complexity index is 1130. The van der Waals surface area contributed by atoms with Gasteiger partial charge in [-0.25, -0.2) is 27.7 Å². The van der Waals surface area contributed by atoms with Gasteiger partial charge in [-0.15, -0.1) is 0 Å². The van der Waals surface area contributed by atoms with Gasteiger partial charge in [-0.2, -0.15) is 0 Å². The van der Waals surface area contributed by atoms with Crippen molar-refractivity contribution in [3.63, 3.8) is 0 Å². The molecule has 0 amide bonds. The molecule has 8 nitrogen and oxygen atoms in total. The second-order valence-electron chi connectivity index (χ2n) is 7.74. The molecule has 0 saturated carbocycles. The number of sulfone groups is 1. The highest BCUT2D eigenvalue weighted by Gasteiger charge is 2.18. The Hall–Kier alpha value is -3.20. The second kappa shape index (κ2) is 8.27. The van der Waals surface area contributed by atoms with E-state index in [1.165, 1.54) is 23.2 Å². The average Bonchev–Trinajstić information content (AvgIpc) is 3.15. The Balaban J connectivity index is 1.62. The van der Waals surface area contributed by atoms with E-state index in [1.807, 2.05) is 12.1 Å². The Morgan fingerprint density at radius 3 is 2.33 bits per heavy atom. The number of ether oxygens (including phenoxy) is 2. The quantitative estimate of drug-likeness (QED) is 0.609. The van der Waals surface area contributed by atoms with Gasteiger partial charge in [0.1, 0.15) is 24.3 Å². The third kappa shape index (κ3) is 5.66. The molecule has 0 N–H and O–H groups in total. The maximum atomic E-state index is 12.1.